The van der Waals surface area contributed by atoms with Crippen LogP contribution < -0.4 is 14.8 Å². The van der Waals surface area contributed by atoms with Crippen LogP contribution >= 0.6 is 11.3 Å². The zero-order valence-electron chi connectivity index (χ0n) is 20.4. The quantitative estimate of drug-likeness (QED) is 0.388. The lowest BCUT2D eigenvalue weighted by atomic mass is 9.96. The standard InChI is InChI=1S/C28H32N2O3S/c1-18-11-12-21(15-19(18)2)30-27(31)26-23-9-7-5-6-8-10-25(23)34-28(26)29-17-20-16-22(32-3)13-14-24(20)33-4/h11-17H,5-10H2,1-4H3,(H,30,31). The lowest BCUT2D eigenvalue weighted by molar-refractivity contribution is 0.102. The Hall–Kier alpha value is -3.12. The van der Waals surface area contributed by atoms with E-state index in [4.69, 9.17) is 14.5 Å². The Morgan fingerprint density at radius 3 is 2.50 bits per heavy atom. The van der Waals surface area contributed by atoms with E-state index in [0.29, 0.717) is 11.3 Å². The van der Waals surface area contributed by atoms with Gasteiger partial charge in [0.05, 0.1) is 19.8 Å². The van der Waals surface area contributed by atoms with Gasteiger partial charge in [-0.1, -0.05) is 18.9 Å². The minimum absolute atomic E-state index is 0.0916. The summed E-state index contributed by atoms with van der Waals surface area (Å²) < 4.78 is 10.9. The van der Waals surface area contributed by atoms with Gasteiger partial charge in [0.1, 0.15) is 16.5 Å². The van der Waals surface area contributed by atoms with Crippen LogP contribution in [-0.2, 0) is 12.8 Å². The van der Waals surface area contributed by atoms with E-state index in [1.54, 1.807) is 31.8 Å². The zero-order chi connectivity index (χ0) is 24.1. The van der Waals surface area contributed by atoms with Crippen LogP contribution in [0.2, 0.25) is 0 Å². The minimum Gasteiger partial charge on any atom is -0.497 e. The summed E-state index contributed by atoms with van der Waals surface area (Å²) in [6.45, 7) is 4.13. The van der Waals surface area contributed by atoms with Crippen LogP contribution in [0.5, 0.6) is 11.5 Å². The first-order chi connectivity index (χ1) is 16.5. The third-order valence-corrected chi connectivity index (χ3v) is 7.60. The molecule has 0 atom stereocenters. The van der Waals surface area contributed by atoms with E-state index in [-0.39, 0.29) is 5.91 Å². The number of rotatable bonds is 6. The van der Waals surface area contributed by atoms with Crippen molar-refractivity contribution in [2.45, 2.75) is 52.4 Å². The van der Waals surface area contributed by atoms with Gasteiger partial charge in [-0.2, -0.15) is 0 Å². The predicted molar refractivity (Wildman–Crippen MR) is 141 cm³/mol. The van der Waals surface area contributed by atoms with Crippen molar-refractivity contribution in [3.05, 3.63) is 69.1 Å². The number of benzene rings is 2. The normalized spacial score (nSPS) is 13.8. The van der Waals surface area contributed by atoms with Crippen molar-refractivity contribution in [3.63, 3.8) is 0 Å². The van der Waals surface area contributed by atoms with Gasteiger partial charge in [0.2, 0.25) is 0 Å². The van der Waals surface area contributed by atoms with Gasteiger partial charge in [-0.15, -0.1) is 11.3 Å². The number of nitrogens with one attached hydrogen (secondary N) is 1. The Kier molecular flexibility index (Phi) is 7.68. The topological polar surface area (TPSA) is 59.9 Å². The molecule has 1 aliphatic carbocycles. The fraction of sp³-hybridized carbons (Fsp3) is 0.357. The maximum absolute atomic E-state index is 13.6. The van der Waals surface area contributed by atoms with Gasteiger partial charge in [0, 0.05) is 22.3 Å². The van der Waals surface area contributed by atoms with E-state index >= 15 is 0 Å². The number of aliphatic imine (C=N–C) groups is 1. The van der Waals surface area contributed by atoms with Gasteiger partial charge in [-0.25, -0.2) is 4.99 Å². The van der Waals surface area contributed by atoms with E-state index in [2.05, 4.69) is 19.2 Å². The van der Waals surface area contributed by atoms with E-state index in [0.717, 1.165) is 58.8 Å². The second kappa shape index (κ2) is 10.9. The molecule has 34 heavy (non-hydrogen) atoms. The number of amides is 1. The molecule has 0 unspecified atom stereocenters. The first kappa shape index (κ1) is 24.0. The molecule has 0 saturated carbocycles. The second-order valence-corrected chi connectivity index (χ2v) is 9.80. The number of fused-ring (bicyclic) bond motifs is 1. The summed E-state index contributed by atoms with van der Waals surface area (Å²) in [5, 5.41) is 3.88. The minimum atomic E-state index is -0.0916. The number of aryl methyl sites for hydroxylation is 3. The summed E-state index contributed by atoms with van der Waals surface area (Å²) in [5.41, 5.74) is 5.85. The molecule has 5 nitrogen and oxygen atoms in total. The molecule has 1 aromatic heterocycles. The fourth-order valence-electron chi connectivity index (χ4n) is 4.31. The molecule has 6 heteroatoms. The third-order valence-electron chi connectivity index (χ3n) is 6.40. The number of hydrogen-bond acceptors (Lipinski definition) is 5. The van der Waals surface area contributed by atoms with E-state index in [1.165, 1.54) is 23.3 Å². The van der Waals surface area contributed by atoms with Crippen LogP contribution in [0.3, 0.4) is 0 Å². The van der Waals surface area contributed by atoms with E-state index in [9.17, 15) is 4.79 Å². The highest BCUT2D eigenvalue weighted by molar-refractivity contribution is 7.16. The number of carbonyl (C=O) groups excluding carboxylic acids is 1. The molecule has 1 N–H and O–H groups in total. The number of nitrogens with zero attached hydrogens (tertiary/aromatic N) is 1. The van der Waals surface area contributed by atoms with Gasteiger partial charge >= 0.3 is 0 Å². The first-order valence-electron chi connectivity index (χ1n) is 11.8. The fourth-order valence-corrected chi connectivity index (χ4v) is 5.54. The largest absolute Gasteiger partial charge is 0.497 e. The molecule has 0 spiro atoms. The maximum atomic E-state index is 13.6. The Balaban J connectivity index is 1.73. The molecule has 1 amide bonds. The second-order valence-electron chi connectivity index (χ2n) is 8.72. The molecule has 2 aromatic carbocycles. The highest BCUT2D eigenvalue weighted by atomic mass is 32.1. The average molecular weight is 477 g/mol. The number of ether oxygens (including phenoxy) is 2. The molecular formula is C28H32N2O3S. The molecule has 0 saturated heterocycles. The molecule has 0 bridgehead atoms. The van der Waals surface area contributed by atoms with Gasteiger partial charge in [-0.05, 0) is 86.6 Å². The summed E-state index contributed by atoms with van der Waals surface area (Å²) in [6.07, 6.45) is 8.38. The van der Waals surface area contributed by atoms with Crippen LogP contribution in [0.25, 0.3) is 0 Å². The Labute approximate surface area is 205 Å². The summed E-state index contributed by atoms with van der Waals surface area (Å²) in [7, 11) is 3.27. The van der Waals surface area contributed by atoms with Crippen molar-refractivity contribution >= 4 is 34.1 Å². The number of anilines is 1. The van der Waals surface area contributed by atoms with Crippen molar-refractivity contribution < 1.29 is 14.3 Å². The van der Waals surface area contributed by atoms with Crippen molar-refractivity contribution in [2.75, 3.05) is 19.5 Å². The predicted octanol–water partition coefficient (Wildman–Crippen LogP) is 7.04. The summed E-state index contributed by atoms with van der Waals surface area (Å²) >= 11 is 1.64. The SMILES string of the molecule is COc1ccc(OC)c(C=Nc2sc3c(c2C(=O)Nc2ccc(C)c(C)c2)CCCCCC3)c1. The summed E-state index contributed by atoms with van der Waals surface area (Å²) in [5.74, 6) is 1.35. The van der Waals surface area contributed by atoms with Gasteiger partial charge in [0.15, 0.2) is 0 Å². The Morgan fingerprint density at radius 1 is 0.971 bits per heavy atom. The molecule has 0 radical (unpaired) electrons. The maximum Gasteiger partial charge on any atom is 0.259 e. The smallest absolute Gasteiger partial charge is 0.259 e. The molecule has 1 aliphatic rings. The Morgan fingerprint density at radius 2 is 1.76 bits per heavy atom. The monoisotopic (exact) mass is 476 g/mol. The molecule has 178 valence electrons. The van der Waals surface area contributed by atoms with Crippen molar-refractivity contribution in [3.8, 4) is 11.5 Å². The van der Waals surface area contributed by atoms with Gasteiger partial charge in [-0.3, -0.25) is 4.79 Å². The van der Waals surface area contributed by atoms with Crippen molar-refractivity contribution in [1.82, 2.24) is 0 Å². The number of methoxy groups -OCH3 is 2. The molecule has 4 rings (SSSR count). The summed E-state index contributed by atoms with van der Waals surface area (Å²) in [6, 6.07) is 11.6. The lowest BCUT2D eigenvalue weighted by Gasteiger charge is -2.12. The van der Waals surface area contributed by atoms with Crippen molar-refractivity contribution in [1.29, 1.82) is 0 Å². The third kappa shape index (κ3) is 5.33. The van der Waals surface area contributed by atoms with Crippen LogP contribution in [0, 0.1) is 13.8 Å². The zero-order valence-corrected chi connectivity index (χ0v) is 21.2. The Bertz CT molecular complexity index is 1210. The van der Waals surface area contributed by atoms with E-state index < -0.39 is 0 Å². The molecular weight excluding hydrogens is 444 g/mol. The van der Waals surface area contributed by atoms with Crippen LogP contribution in [-0.4, -0.2) is 26.3 Å². The highest BCUT2D eigenvalue weighted by Crippen LogP contribution is 2.39. The molecule has 3 aromatic rings. The van der Waals surface area contributed by atoms with Gasteiger partial charge in [0.25, 0.3) is 5.91 Å². The van der Waals surface area contributed by atoms with Crippen LogP contribution in [0.15, 0.2) is 41.4 Å². The lowest BCUT2D eigenvalue weighted by Crippen LogP contribution is -2.14. The number of carbonyl (C=O) groups is 1. The molecule has 1 heterocycles. The van der Waals surface area contributed by atoms with Crippen LogP contribution in [0.4, 0.5) is 10.7 Å². The molecule has 0 aliphatic heterocycles. The summed E-state index contributed by atoms with van der Waals surface area (Å²) in [4.78, 5) is 19.7. The first-order valence-corrected chi connectivity index (χ1v) is 12.6. The van der Waals surface area contributed by atoms with E-state index in [1.807, 2.05) is 36.4 Å². The van der Waals surface area contributed by atoms with Gasteiger partial charge < -0.3 is 14.8 Å². The van der Waals surface area contributed by atoms with Crippen molar-refractivity contribution in [2.24, 2.45) is 4.99 Å². The number of thiophene rings is 1. The number of hydrogen-bond donors (Lipinski definition) is 1. The average Bonchev–Trinajstić information content (AvgIpc) is 3.16. The molecule has 0 fully saturated rings. The highest BCUT2D eigenvalue weighted by Gasteiger charge is 2.24. The van der Waals surface area contributed by atoms with Crippen LogP contribution in [0.1, 0.15) is 63.2 Å².